The summed E-state index contributed by atoms with van der Waals surface area (Å²) in [5.74, 6) is -2.08. The highest BCUT2D eigenvalue weighted by Gasteiger charge is 2.18. The van der Waals surface area contributed by atoms with Crippen molar-refractivity contribution in [3.05, 3.63) is 133 Å². The number of rotatable bonds is 2. The Balaban J connectivity index is 1.69. The molecule has 3 heteroatoms. The summed E-state index contributed by atoms with van der Waals surface area (Å²) in [4.78, 5) is 0. The van der Waals surface area contributed by atoms with Crippen molar-refractivity contribution < 1.29 is 13.2 Å². The van der Waals surface area contributed by atoms with Crippen molar-refractivity contribution >= 4 is 43.1 Å². The van der Waals surface area contributed by atoms with Crippen LogP contribution in [0, 0.1) is 17.5 Å². The molecule has 0 spiro atoms. The fraction of sp³-hybridized carbons (Fsp3) is 0. The van der Waals surface area contributed by atoms with Crippen LogP contribution in [0.25, 0.3) is 65.3 Å². The molecule has 0 amide bonds. The molecule has 37 heavy (non-hydrogen) atoms. The molecule has 0 heterocycles. The molecule has 0 unspecified atom stereocenters. The SMILES string of the molecule is Fc1ccc(-c2cccc3c(-c4cc5ccccc5c5ccccc45)c4cc(F)c(F)cc4cc23)cc1. The van der Waals surface area contributed by atoms with Gasteiger partial charge in [-0.3, -0.25) is 0 Å². The van der Waals surface area contributed by atoms with E-state index in [0.29, 0.717) is 10.8 Å². The van der Waals surface area contributed by atoms with Gasteiger partial charge in [-0.25, -0.2) is 13.2 Å². The van der Waals surface area contributed by atoms with E-state index in [9.17, 15) is 13.2 Å². The maximum Gasteiger partial charge on any atom is 0.159 e. The summed E-state index contributed by atoms with van der Waals surface area (Å²) < 4.78 is 42.9. The Morgan fingerprint density at radius 1 is 0.378 bits per heavy atom. The Morgan fingerprint density at radius 3 is 1.86 bits per heavy atom. The average molecular weight is 485 g/mol. The number of benzene rings is 7. The van der Waals surface area contributed by atoms with E-state index in [1.165, 1.54) is 24.3 Å². The predicted molar refractivity (Wildman–Crippen MR) is 147 cm³/mol. The van der Waals surface area contributed by atoms with E-state index in [1.54, 1.807) is 12.1 Å². The van der Waals surface area contributed by atoms with Crippen LogP contribution in [0.1, 0.15) is 0 Å². The molecule has 0 aliphatic heterocycles. The second-order valence-corrected chi connectivity index (χ2v) is 9.34. The minimum Gasteiger partial charge on any atom is -0.207 e. The van der Waals surface area contributed by atoms with Gasteiger partial charge < -0.3 is 0 Å². The maximum absolute atomic E-state index is 14.7. The highest BCUT2D eigenvalue weighted by Crippen LogP contribution is 2.44. The Bertz CT molecular complexity index is 2000. The van der Waals surface area contributed by atoms with E-state index in [4.69, 9.17) is 0 Å². The summed E-state index contributed by atoms with van der Waals surface area (Å²) >= 11 is 0. The first-order valence-electron chi connectivity index (χ1n) is 12.1. The molecular weight excluding hydrogens is 465 g/mol. The van der Waals surface area contributed by atoms with Crippen LogP contribution in [-0.4, -0.2) is 0 Å². The molecular formula is C34H19F3. The van der Waals surface area contributed by atoms with Crippen LogP contribution in [-0.2, 0) is 0 Å². The van der Waals surface area contributed by atoms with Gasteiger partial charge in [0.2, 0.25) is 0 Å². The fourth-order valence-electron chi connectivity index (χ4n) is 5.57. The third-order valence-corrected chi connectivity index (χ3v) is 7.23. The van der Waals surface area contributed by atoms with Crippen molar-refractivity contribution in [3.8, 4) is 22.3 Å². The van der Waals surface area contributed by atoms with E-state index < -0.39 is 11.6 Å². The Kier molecular flexibility index (Phi) is 4.80. The Morgan fingerprint density at radius 2 is 1.05 bits per heavy atom. The quantitative estimate of drug-likeness (QED) is 0.169. The first-order valence-corrected chi connectivity index (χ1v) is 12.1. The third kappa shape index (κ3) is 3.39. The fourth-order valence-corrected chi connectivity index (χ4v) is 5.57. The molecule has 0 N–H and O–H groups in total. The minimum atomic E-state index is -0.888. The minimum absolute atomic E-state index is 0.310. The predicted octanol–water partition coefficient (Wildman–Crippen LogP) is 10.1. The molecule has 176 valence electrons. The normalized spacial score (nSPS) is 11.6. The van der Waals surface area contributed by atoms with Gasteiger partial charge in [-0.15, -0.1) is 0 Å². The number of halogens is 3. The first kappa shape index (κ1) is 21.6. The largest absolute Gasteiger partial charge is 0.207 e. The lowest BCUT2D eigenvalue weighted by Gasteiger charge is -2.18. The van der Waals surface area contributed by atoms with Crippen molar-refractivity contribution in [3.63, 3.8) is 0 Å². The maximum atomic E-state index is 14.7. The van der Waals surface area contributed by atoms with Gasteiger partial charge in [0.1, 0.15) is 5.82 Å². The van der Waals surface area contributed by atoms with E-state index in [0.717, 1.165) is 54.6 Å². The highest BCUT2D eigenvalue weighted by atomic mass is 19.2. The average Bonchev–Trinajstić information content (AvgIpc) is 2.92. The molecule has 0 fully saturated rings. The van der Waals surface area contributed by atoms with Gasteiger partial charge in [-0.1, -0.05) is 78.9 Å². The summed E-state index contributed by atoms with van der Waals surface area (Å²) in [6.45, 7) is 0. The van der Waals surface area contributed by atoms with Crippen LogP contribution in [0.5, 0.6) is 0 Å². The lowest BCUT2D eigenvalue weighted by molar-refractivity contribution is 0.511. The molecule has 7 rings (SSSR count). The van der Waals surface area contributed by atoms with Gasteiger partial charge in [0.25, 0.3) is 0 Å². The molecule has 7 aromatic rings. The van der Waals surface area contributed by atoms with E-state index in [1.807, 2.05) is 48.5 Å². The molecule has 0 aliphatic carbocycles. The van der Waals surface area contributed by atoms with Crippen molar-refractivity contribution in [2.75, 3.05) is 0 Å². The van der Waals surface area contributed by atoms with E-state index in [2.05, 4.69) is 30.3 Å². The van der Waals surface area contributed by atoms with E-state index in [-0.39, 0.29) is 5.82 Å². The number of hydrogen-bond donors (Lipinski definition) is 0. The van der Waals surface area contributed by atoms with Gasteiger partial charge in [-0.2, -0.15) is 0 Å². The van der Waals surface area contributed by atoms with Gasteiger partial charge >= 0.3 is 0 Å². The molecule has 0 atom stereocenters. The van der Waals surface area contributed by atoms with Crippen LogP contribution in [0.3, 0.4) is 0 Å². The lowest BCUT2D eigenvalue weighted by Crippen LogP contribution is -1.93. The zero-order valence-corrected chi connectivity index (χ0v) is 19.6. The molecule has 0 aromatic heterocycles. The third-order valence-electron chi connectivity index (χ3n) is 7.23. The van der Waals surface area contributed by atoms with Gasteiger partial charge in [0, 0.05) is 0 Å². The van der Waals surface area contributed by atoms with Crippen LogP contribution in [0.15, 0.2) is 115 Å². The molecule has 0 bridgehead atoms. The van der Waals surface area contributed by atoms with Crippen LogP contribution in [0.2, 0.25) is 0 Å². The topological polar surface area (TPSA) is 0 Å². The van der Waals surface area contributed by atoms with Crippen molar-refractivity contribution in [1.82, 2.24) is 0 Å². The first-order chi connectivity index (χ1) is 18.1. The van der Waals surface area contributed by atoms with Crippen molar-refractivity contribution in [1.29, 1.82) is 0 Å². The molecule has 0 aliphatic rings. The summed E-state index contributed by atoms with van der Waals surface area (Å²) in [5.41, 5.74) is 3.54. The second-order valence-electron chi connectivity index (χ2n) is 9.34. The lowest BCUT2D eigenvalue weighted by atomic mass is 9.85. The molecule has 7 aromatic carbocycles. The molecule has 0 radical (unpaired) electrons. The Labute approximate surface area is 211 Å². The monoisotopic (exact) mass is 484 g/mol. The summed E-state index contributed by atoms with van der Waals surface area (Å²) in [5, 5.41) is 7.39. The summed E-state index contributed by atoms with van der Waals surface area (Å²) in [7, 11) is 0. The zero-order valence-electron chi connectivity index (χ0n) is 19.6. The number of fused-ring (bicyclic) bond motifs is 5. The molecule has 0 saturated heterocycles. The van der Waals surface area contributed by atoms with Crippen LogP contribution >= 0.6 is 0 Å². The van der Waals surface area contributed by atoms with Crippen LogP contribution < -0.4 is 0 Å². The van der Waals surface area contributed by atoms with Gasteiger partial charge in [0.05, 0.1) is 0 Å². The number of hydrogen-bond acceptors (Lipinski definition) is 0. The molecule has 0 nitrogen and oxygen atoms in total. The van der Waals surface area contributed by atoms with Crippen molar-refractivity contribution in [2.45, 2.75) is 0 Å². The Hall–Kier alpha value is -4.63. The smallest absolute Gasteiger partial charge is 0.159 e. The van der Waals surface area contributed by atoms with Crippen molar-refractivity contribution in [2.24, 2.45) is 0 Å². The van der Waals surface area contributed by atoms with Gasteiger partial charge in [-0.05, 0) is 102 Å². The molecule has 0 saturated carbocycles. The van der Waals surface area contributed by atoms with E-state index >= 15 is 0 Å². The van der Waals surface area contributed by atoms with Gasteiger partial charge in [0.15, 0.2) is 11.6 Å². The standard InChI is InChI=1S/C34H19F3/c35-23-14-12-20(13-15-23)24-10-5-11-28-30(24)17-22-18-32(36)33(37)19-29(22)34(28)31-16-21-6-1-2-7-25(21)26-8-3-4-9-27(26)31/h1-19H. The van der Waals surface area contributed by atoms with Crippen LogP contribution in [0.4, 0.5) is 13.2 Å². The second kappa shape index (κ2) is 8.21. The summed E-state index contributed by atoms with van der Waals surface area (Å²) in [6.07, 6.45) is 0. The summed E-state index contributed by atoms with van der Waals surface area (Å²) in [6, 6.07) is 35.3. The zero-order chi connectivity index (χ0) is 25.1. The highest BCUT2D eigenvalue weighted by molar-refractivity contribution is 6.22.